The summed E-state index contributed by atoms with van der Waals surface area (Å²) in [6, 6.07) is 28.7. The maximum Gasteiger partial charge on any atom is 1.00 e. The first-order chi connectivity index (χ1) is 40.0. The summed E-state index contributed by atoms with van der Waals surface area (Å²) in [6.45, 7) is 30.4. The number of carbonyl (C=O) groups excluding carboxylic acids is 2. The molecule has 6 rings (SSSR count). The number of aliphatic hydroxyl groups excluding tert-OH is 3. The van der Waals surface area contributed by atoms with Crippen molar-refractivity contribution >= 4 is 180 Å². The van der Waals surface area contributed by atoms with E-state index in [1.54, 1.807) is 19.9 Å². The van der Waals surface area contributed by atoms with Crippen molar-refractivity contribution < 1.29 is 60.3 Å². The van der Waals surface area contributed by atoms with Gasteiger partial charge in [0.25, 0.3) is 5.56 Å². The molecule has 1 aromatic heterocycles. The van der Waals surface area contributed by atoms with E-state index in [9.17, 15) is 18.8 Å². The maximum absolute atomic E-state index is 12.3. The molecule has 0 unspecified atom stereocenters. The number of halogens is 10. The van der Waals surface area contributed by atoms with Crippen molar-refractivity contribution in [1.29, 1.82) is 0 Å². The Hall–Kier alpha value is -1.46. The molecule has 0 atom stereocenters. The van der Waals surface area contributed by atoms with Crippen molar-refractivity contribution in [3.05, 3.63) is 172 Å². The van der Waals surface area contributed by atoms with E-state index in [2.05, 4.69) is 166 Å². The van der Waals surface area contributed by atoms with Crippen LogP contribution in [-0.2, 0) is 17.7 Å². The fraction of sp³-hybridized carbons (Fsp3) is 0.410. The number of aldehydes is 2. The van der Waals surface area contributed by atoms with Gasteiger partial charge in [-0.15, -0.1) is 0 Å². The van der Waals surface area contributed by atoms with Gasteiger partial charge in [-0.05, 0) is 212 Å². The summed E-state index contributed by atoms with van der Waals surface area (Å²) in [5.41, 5.74) is 8.90. The van der Waals surface area contributed by atoms with Crippen LogP contribution < -0.4 is 54.7 Å². The zero-order valence-corrected chi connectivity index (χ0v) is 64.9. The van der Waals surface area contributed by atoms with E-state index in [0.29, 0.717) is 44.1 Å². The van der Waals surface area contributed by atoms with Gasteiger partial charge < -0.3 is 41.3 Å². The molecular formula is C61H86BBr4Cl5FN6NaO6PS. The molecule has 481 valence electrons. The molecule has 4 N–H and O–H groups in total. The Morgan fingerprint density at radius 1 is 0.563 bits per heavy atom. The standard InChI is InChI=1S/C16H20ClN3OS.C11H15BrClN.C11H16ClNO.C11H14ClNO.C7H4ClFO.2C2H6O.CH4.B.Br3P.Na.H/c1-4-20(5-2)13-7-6-12(14(17)9-13)10-22-16-18-11(3)8-15(21)19-16;1-3-14(4-2)10-6-5-9(8-12)11(13)7-10;2*1-3-13(4-2)10-6-5-9(8-14)11(12)7-10;8-7-3-6(9)2-1-5(7)4-10;2*1-2-3;;;1-4(2)3;;/h6-9H,4-5,10H2,1-3H3,(H,18,19,21);5-7H,3-4,8H2,1-2H3;5-7,14H,3-4,8H2,1-2H3;5-8H,3-4H2,1-2H3;1-4H;2*3H,2H2,1H3;1H4;;;;/q;;;;;;;;;;+1;-1. The average Bonchev–Trinajstić information content (AvgIpc) is 3.32. The molecule has 5 aromatic carbocycles. The molecule has 1 heterocycles. The van der Waals surface area contributed by atoms with Crippen LogP contribution >= 0.6 is 136 Å². The summed E-state index contributed by atoms with van der Waals surface area (Å²) in [5, 5.41) is 28.4. The molecule has 0 aliphatic heterocycles. The zero-order chi connectivity index (χ0) is 64.3. The van der Waals surface area contributed by atoms with Gasteiger partial charge in [0, 0.05) is 146 Å². The van der Waals surface area contributed by atoms with Gasteiger partial charge in [0.2, 0.25) is 0 Å². The van der Waals surface area contributed by atoms with Crippen LogP contribution in [0, 0.1) is 12.7 Å². The molecule has 0 fully saturated rings. The molecule has 6 aromatic rings. The minimum atomic E-state index is -0.435. The van der Waals surface area contributed by atoms with Gasteiger partial charge in [-0.25, -0.2) is 9.37 Å². The van der Waals surface area contributed by atoms with E-state index in [-0.39, 0.29) is 81.3 Å². The third-order valence-electron chi connectivity index (χ3n) is 11.4. The Labute approximate surface area is 607 Å². The van der Waals surface area contributed by atoms with Crippen molar-refractivity contribution in [2.45, 2.75) is 106 Å². The van der Waals surface area contributed by atoms with Crippen LogP contribution in [0.2, 0.25) is 25.1 Å². The predicted octanol–water partition coefficient (Wildman–Crippen LogP) is 16.7. The first-order valence-corrected chi connectivity index (χ1v) is 38.3. The third kappa shape index (κ3) is 39.6. The number of anilines is 4. The first-order valence-electron chi connectivity index (χ1n) is 26.9. The quantitative estimate of drug-likeness (QED) is 0.0152. The monoisotopic (exact) mass is 1610 g/mol. The van der Waals surface area contributed by atoms with Crippen LogP contribution in [0.3, 0.4) is 0 Å². The van der Waals surface area contributed by atoms with Gasteiger partial charge in [0.15, 0.2) is 17.7 Å². The van der Waals surface area contributed by atoms with Crippen LogP contribution in [0.5, 0.6) is 0 Å². The van der Waals surface area contributed by atoms with E-state index >= 15 is 0 Å². The SMILES string of the molecule is BrP(Br)Br.C.CCN(CC)c1ccc(C=O)c(Cl)c1.CCN(CC)c1ccc(CBr)c(Cl)c1.CCN(CC)c1ccc(CO)c(Cl)c1.CCN(CC)c1ccc(CSc2nc(C)cc(=O)[nH]2)c(Cl)c1.CCO.CCO.O=Cc1ccc(F)cc1Cl.[B].[H-].[Na+]. The molecule has 0 aliphatic rings. The number of aromatic amines is 1. The fourth-order valence-corrected chi connectivity index (χ4v) is 9.88. The van der Waals surface area contributed by atoms with Crippen LogP contribution in [0.4, 0.5) is 27.1 Å². The zero-order valence-electron chi connectivity index (χ0n) is 52.1. The molecule has 0 saturated carbocycles. The first kappa shape index (κ1) is 94.3. The van der Waals surface area contributed by atoms with Crippen molar-refractivity contribution in [2.24, 2.45) is 0 Å². The number of rotatable bonds is 19. The van der Waals surface area contributed by atoms with E-state index in [0.717, 1.165) is 114 Å². The van der Waals surface area contributed by atoms with Gasteiger partial charge in [-0.3, -0.25) is 14.4 Å². The smallest absolute Gasteiger partial charge is 1.00 e. The number of thioether (sulfide) groups is 1. The molecule has 87 heavy (non-hydrogen) atoms. The number of carbonyl (C=O) groups is 2. The molecule has 0 bridgehead atoms. The van der Waals surface area contributed by atoms with Crippen LogP contribution in [0.25, 0.3) is 0 Å². The fourth-order valence-electron chi connectivity index (χ4n) is 7.08. The number of benzene rings is 5. The minimum Gasteiger partial charge on any atom is -1.00 e. The third-order valence-corrected chi connectivity index (χ3v) is 14.6. The molecule has 12 nitrogen and oxygen atoms in total. The molecule has 26 heteroatoms. The Balaban J connectivity index is -0.000000231. The van der Waals surface area contributed by atoms with Crippen LogP contribution in [0.15, 0.2) is 107 Å². The molecule has 3 radical (unpaired) electrons. The number of aliphatic hydroxyl groups is 3. The van der Waals surface area contributed by atoms with Gasteiger partial charge in [0.05, 0.1) is 16.7 Å². The number of hydrogen-bond donors (Lipinski definition) is 4. The Morgan fingerprint density at radius 2 is 0.874 bits per heavy atom. The second-order valence-corrected chi connectivity index (χ2v) is 35.6. The summed E-state index contributed by atoms with van der Waals surface area (Å²) in [4.78, 5) is 48.1. The largest absolute Gasteiger partial charge is 1.00 e. The Kier molecular flexibility index (Phi) is 62.0. The minimum absolute atomic E-state index is 0. The average molecular weight is 1610 g/mol. The molecule has 0 aliphatic carbocycles. The summed E-state index contributed by atoms with van der Waals surface area (Å²) < 4.78 is 12.1. The van der Waals surface area contributed by atoms with Gasteiger partial charge in [-0.1, -0.05) is 111 Å². The van der Waals surface area contributed by atoms with Crippen molar-refractivity contribution in [2.75, 3.05) is 85.2 Å². The number of nitrogens with one attached hydrogen (secondary N) is 1. The Morgan fingerprint density at radius 3 is 1.16 bits per heavy atom. The molecule has 0 amide bonds. The number of nitrogens with zero attached hydrogens (tertiary/aromatic N) is 5. The molecule has 0 spiro atoms. The number of H-pyrrole nitrogens is 1. The van der Waals surface area contributed by atoms with Crippen molar-refractivity contribution in [3.63, 3.8) is 0 Å². The van der Waals surface area contributed by atoms with Crippen LogP contribution in [0.1, 0.15) is 121 Å². The number of aromatic nitrogens is 2. The van der Waals surface area contributed by atoms with Gasteiger partial charge >= 0.3 is 29.6 Å². The molecular weight excluding hydrogens is 1530 g/mol. The topological polar surface area (TPSA) is 154 Å². The second kappa shape index (κ2) is 57.2. The van der Waals surface area contributed by atoms with E-state index in [1.807, 2.05) is 55.5 Å². The maximum atomic E-state index is 12.3. The number of alkyl halides is 1. The summed E-state index contributed by atoms with van der Waals surface area (Å²) >= 11 is 44.3. The van der Waals surface area contributed by atoms with Gasteiger partial charge in [-0.2, -0.15) is 0 Å². The molecule has 0 saturated heterocycles. The summed E-state index contributed by atoms with van der Waals surface area (Å²) in [6.07, 6.45) is 1.36. The number of hydrogen-bond acceptors (Lipinski definition) is 12. The van der Waals surface area contributed by atoms with Gasteiger partial charge in [0.1, 0.15) is 9.85 Å². The van der Waals surface area contributed by atoms with Crippen molar-refractivity contribution in [1.82, 2.24) is 9.97 Å². The summed E-state index contributed by atoms with van der Waals surface area (Å²) in [7, 11) is 0. The second-order valence-electron chi connectivity index (χ2n) is 16.7. The van der Waals surface area contributed by atoms with Crippen LogP contribution in [-0.4, -0.2) is 112 Å². The van der Waals surface area contributed by atoms with E-state index in [4.69, 9.17) is 73.3 Å². The Bertz CT molecular complexity index is 2780. The normalized spacial score (nSPS) is 9.53. The van der Waals surface area contributed by atoms with Crippen molar-refractivity contribution in [3.8, 4) is 0 Å². The van der Waals surface area contributed by atoms with E-state index < -0.39 is 5.82 Å². The number of aryl methyl sites for hydroxylation is 1. The predicted molar refractivity (Wildman–Crippen MR) is 393 cm³/mol. The summed E-state index contributed by atoms with van der Waals surface area (Å²) in [5.74, 6) is 0.236. The van der Waals surface area contributed by atoms with E-state index in [1.165, 1.54) is 35.6 Å².